The normalized spacial score (nSPS) is 15.3. The quantitative estimate of drug-likeness (QED) is 0.906. The molecule has 2 heterocycles. The van der Waals surface area contributed by atoms with E-state index in [0.29, 0.717) is 31.6 Å². The molecular formula is C18H19F2N3O3. The first-order valence-electron chi connectivity index (χ1n) is 8.36. The molecule has 0 bridgehead atoms. The number of carbonyl (C=O) groups is 2. The zero-order valence-corrected chi connectivity index (χ0v) is 14.3. The van der Waals surface area contributed by atoms with E-state index in [2.05, 4.69) is 5.10 Å². The van der Waals surface area contributed by atoms with Gasteiger partial charge in [0, 0.05) is 18.7 Å². The number of benzene rings is 1. The number of aromatic nitrogens is 2. The van der Waals surface area contributed by atoms with Crippen molar-refractivity contribution in [3.63, 3.8) is 0 Å². The van der Waals surface area contributed by atoms with Crippen LogP contribution in [-0.2, 0) is 11.2 Å². The third kappa shape index (κ3) is 3.58. The molecule has 26 heavy (non-hydrogen) atoms. The lowest BCUT2D eigenvalue weighted by molar-refractivity contribution is -0.131. The number of nitrogens with zero attached hydrogens (tertiary/aromatic N) is 3. The fourth-order valence-corrected chi connectivity index (χ4v) is 3.31. The Morgan fingerprint density at radius 2 is 1.96 bits per heavy atom. The third-order valence-electron chi connectivity index (χ3n) is 4.79. The Hall–Kier alpha value is -2.77. The molecule has 1 fully saturated rings. The van der Waals surface area contributed by atoms with E-state index in [4.69, 9.17) is 5.11 Å². The Morgan fingerprint density at radius 1 is 1.27 bits per heavy atom. The molecule has 0 radical (unpaired) electrons. The Kier molecular flexibility index (Phi) is 5.01. The Bertz CT molecular complexity index is 842. The summed E-state index contributed by atoms with van der Waals surface area (Å²) in [6.07, 6.45) is 2.40. The summed E-state index contributed by atoms with van der Waals surface area (Å²) < 4.78 is 28.6. The van der Waals surface area contributed by atoms with Gasteiger partial charge in [0.25, 0.3) is 0 Å². The fraction of sp³-hybridized carbons (Fsp3) is 0.389. The summed E-state index contributed by atoms with van der Waals surface area (Å²) in [5.41, 5.74) is 0.806. The van der Waals surface area contributed by atoms with E-state index in [1.807, 2.05) is 0 Å². The highest BCUT2D eigenvalue weighted by atomic mass is 19.1. The minimum absolute atomic E-state index is 0.0121. The van der Waals surface area contributed by atoms with Crippen molar-refractivity contribution in [3.8, 4) is 0 Å². The largest absolute Gasteiger partial charge is 0.478 e. The molecule has 6 nitrogen and oxygen atoms in total. The zero-order chi connectivity index (χ0) is 18.8. The number of carboxylic acids is 1. The average molecular weight is 363 g/mol. The number of likely N-dealkylation sites (tertiary alicyclic amines) is 1. The molecule has 3 rings (SSSR count). The lowest BCUT2D eigenvalue weighted by Crippen LogP contribution is -2.40. The summed E-state index contributed by atoms with van der Waals surface area (Å²) in [7, 11) is 0. The molecular weight excluding hydrogens is 344 g/mol. The maximum atomic E-state index is 13.7. The Morgan fingerprint density at radius 3 is 2.58 bits per heavy atom. The molecule has 2 aromatic rings. The number of amides is 1. The summed E-state index contributed by atoms with van der Waals surface area (Å²) in [6.45, 7) is 2.63. The molecule has 1 aromatic carbocycles. The van der Waals surface area contributed by atoms with E-state index in [1.54, 1.807) is 16.5 Å². The molecule has 0 spiro atoms. The predicted octanol–water partition coefficient (Wildman–Crippen LogP) is 2.57. The summed E-state index contributed by atoms with van der Waals surface area (Å²) >= 11 is 0. The number of carbonyl (C=O) groups excluding carboxylic acids is 1. The van der Waals surface area contributed by atoms with Gasteiger partial charge in [-0.25, -0.2) is 13.6 Å². The molecule has 0 unspecified atom stereocenters. The van der Waals surface area contributed by atoms with Crippen molar-refractivity contribution in [1.82, 2.24) is 14.7 Å². The molecule has 1 aliphatic heterocycles. The first-order valence-corrected chi connectivity index (χ1v) is 8.36. The van der Waals surface area contributed by atoms with Crippen LogP contribution in [0.2, 0.25) is 0 Å². The van der Waals surface area contributed by atoms with Crippen LogP contribution < -0.4 is 0 Å². The number of carboxylic acid groups (broad SMARTS) is 1. The maximum absolute atomic E-state index is 13.7. The number of aromatic carboxylic acids is 1. The molecule has 8 heteroatoms. The van der Waals surface area contributed by atoms with Crippen molar-refractivity contribution in [2.24, 2.45) is 0 Å². The van der Waals surface area contributed by atoms with Gasteiger partial charge in [0.15, 0.2) is 0 Å². The summed E-state index contributed by atoms with van der Waals surface area (Å²) in [5, 5.41) is 13.3. The van der Waals surface area contributed by atoms with E-state index in [-0.39, 0.29) is 29.5 Å². The van der Waals surface area contributed by atoms with Crippen molar-refractivity contribution >= 4 is 11.9 Å². The Balaban J connectivity index is 1.62. The molecule has 1 aliphatic rings. The SMILES string of the molecule is Cc1c(C(=O)O)cnn1C1CCN(C(=O)Cc2cc(F)ccc2F)CC1. The van der Waals surface area contributed by atoms with Crippen LogP contribution in [-0.4, -0.2) is 44.8 Å². The van der Waals surface area contributed by atoms with Crippen molar-refractivity contribution in [2.45, 2.75) is 32.2 Å². The number of rotatable bonds is 4. The van der Waals surface area contributed by atoms with Gasteiger partial charge in [-0.1, -0.05) is 0 Å². The predicted molar refractivity (Wildman–Crippen MR) is 88.8 cm³/mol. The zero-order valence-electron chi connectivity index (χ0n) is 14.3. The summed E-state index contributed by atoms with van der Waals surface area (Å²) in [5.74, 6) is -2.44. The summed E-state index contributed by atoms with van der Waals surface area (Å²) in [4.78, 5) is 25.1. The molecule has 138 valence electrons. The molecule has 0 saturated carbocycles. The van der Waals surface area contributed by atoms with Crippen LogP contribution in [0, 0.1) is 18.6 Å². The lowest BCUT2D eigenvalue weighted by Gasteiger charge is -2.32. The second-order valence-electron chi connectivity index (χ2n) is 6.42. The van der Waals surface area contributed by atoms with Crippen LogP contribution in [0.5, 0.6) is 0 Å². The van der Waals surface area contributed by atoms with Crippen LogP contribution >= 0.6 is 0 Å². The van der Waals surface area contributed by atoms with Crippen LogP contribution in [0.3, 0.4) is 0 Å². The first kappa shape index (κ1) is 18.0. The topological polar surface area (TPSA) is 75.4 Å². The molecule has 0 atom stereocenters. The van der Waals surface area contributed by atoms with Crippen molar-refractivity contribution in [1.29, 1.82) is 0 Å². The fourth-order valence-electron chi connectivity index (χ4n) is 3.31. The van der Waals surface area contributed by atoms with Gasteiger partial charge in [0.1, 0.15) is 17.2 Å². The highest BCUT2D eigenvalue weighted by Gasteiger charge is 2.27. The average Bonchev–Trinajstić information content (AvgIpc) is 3.00. The number of halogens is 2. The van der Waals surface area contributed by atoms with Gasteiger partial charge >= 0.3 is 5.97 Å². The third-order valence-corrected chi connectivity index (χ3v) is 4.79. The molecule has 1 saturated heterocycles. The van der Waals surface area contributed by atoms with Gasteiger partial charge in [-0.3, -0.25) is 9.48 Å². The van der Waals surface area contributed by atoms with Crippen LogP contribution in [0.15, 0.2) is 24.4 Å². The van der Waals surface area contributed by atoms with Gasteiger partial charge < -0.3 is 10.0 Å². The van der Waals surface area contributed by atoms with Crippen molar-refractivity contribution in [2.75, 3.05) is 13.1 Å². The maximum Gasteiger partial charge on any atom is 0.339 e. The number of piperidine rings is 1. The minimum atomic E-state index is -1.02. The Labute approximate surface area is 149 Å². The van der Waals surface area contributed by atoms with E-state index >= 15 is 0 Å². The van der Waals surface area contributed by atoms with E-state index in [0.717, 1.165) is 18.2 Å². The standard InChI is InChI=1S/C18H19F2N3O3/c1-11-15(18(25)26)10-21-23(11)14-4-6-22(7-5-14)17(24)9-12-8-13(19)2-3-16(12)20/h2-3,8,10,14H,4-7,9H2,1H3,(H,25,26). The van der Waals surface area contributed by atoms with Gasteiger partial charge in [-0.05, 0) is 38.0 Å². The lowest BCUT2D eigenvalue weighted by atomic mass is 10.0. The first-order chi connectivity index (χ1) is 12.4. The van der Waals surface area contributed by atoms with Gasteiger partial charge in [0.05, 0.1) is 24.4 Å². The van der Waals surface area contributed by atoms with Gasteiger partial charge in [-0.2, -0.15) is 5.10 Å². The number of hydrogen-bond donors (Lipinski definition) is 1. The second kappa shape index (κ2) is 7.23. The molecule has 0 aliphatic carbocycles. The van der Waals surface area contributed by atoms with Crippen molar-refractivity contribution < 1.29 is 23.5 Å². The van der Waals surface area contributed by atoms with Gasteiger partial charge in [0.2, 0.25) is 5.91 Å². The minimum Gasteiger partial charge on any atom is -0.478 e. The van der Waals surface area contributed by atoms with Crippen molar-refractivity contribution in [3.05, 3.63) is 52.9 Å². The molecule has 1 N–H and O–H groups in total. The van der Waals surface area contributed by atoms with Crippen LogP contribution in [0.1, 0.15) is 40.5 Å². The van der Waals surface area contributed by atoms with E-state index < -0.39 is 17.6 Å². The summed E-state index contributed by atoms with van der Waals surface area (Å²) in [6, 6.07) is 3.09. The second-order valence-corrected chi connectivity index (χ2v) is 6.42. The molecule has 1 amide bonds. The van der Waals surface area contributed by atoms with Crippen LogP contribution in [0.4, 0.5) is 8.78 Å². The van der Waals surface area contributed by atoms with E-state index in [1.165, 1.54) is 6.20 Å². The smallest absolute Gasteiger partial charge is 0.339 e. The number of hydrogen-bond acceptors (Lipinski definition) is 3. The van der Waals surface area contributed by atoms with E-state index in [9.17, 15) is 18.4 Å². The molecule has 1 aromatic heterocycles. The highest BCUT2D eigenvalue weighted by molar-refractivity contribution is 5.88. The van der Waals surface area contributed by atoms with Crippen LogP contribution in [0.25, 0.3) is 0 Å². The monoisotopic (exact) mass is 363 g/mol. The highest BCUT2D eigenvalue weighted by Crippen LogP contribution is 2.25. The van der Waals surface area contributed by atoms with Gasteiger partial charge in [-0.15, -0.1) is 0 Å².